The summed E-state index contributed by atoms with van der Waals surface area (Å²) in [5, 5.41) is 2.94. The molecule has 0 fully saturated rings. The van der Waals surface area contributed by atoms with Crippen LogP contribution in [0.15, 0.2) is 63.2 Å². The highest BCUT2D eigenvalue weighted by Crippen LogP contribution is 2.41. The zero-order chi connectivity index (χ0) is 23.9. The van der Waals surface area contributed by atoms with Crippen LogP contribution >= 0.6 is 35.0 Å². The molecule has 0 unspecified atom stereocenters. The monoisotopic (exact) mass is 529 g/mol. The molecule has 0 saturated carbocycles. The van der Waals surface area contributed by atoms with E-state index in [1.807, 2.05) is 0 Å². The number of rotatable bonds is 4. The highest BCUT2D eigenvalue weighted by Gasteiger charge is 2.26. The Morgan fingerprint density at radius 3 is 2.24 bits per heavy atom. The molecule has 0 atom stereocenters. The van der Waals surface area contributed by atoms with Crippen LogP contribution < -0.4 is 5.32 Å². The number of sulfone groups is 1. The van der Waals surface area contributed by atoms with Crippen molar-refractivity contribution in [3.63, 3.8) is 0 Å². The maximum absolute atomic E-state index is 14.0. The Labute approximate surface area is 201 Å². The highest BCUT2D eigenvalue weighted by atomic mass is 35.5. The van der Waals surface area contributed by atoms with Gasteiger partial charge in [-0.05, 0) is 36.4 Å². The number of hydrogen-bond acceptors (Lipinski definition) is 4. The van der Waals surface area contributed by atoms with E-state index in [0.717, 1.165) is 17.8 Å². The minimum Gasteiger partial charge on any atom is -0.320 e. The molecule has 0 spiro atoms. The molecule has 11 heteroatoms. The number of fused-ring (bicyclic) bond motifs is 1. The van der Waals surface area contributed by atoms with Crippen molar-refractivity contribution >= 4 is 62.5 Å². The van der Waals surface area contributed by atoms with Gasteiger partial charge in [0, 0.05) is 38.2 Å². The molecule has 0 bridgehead atoms. The summed E-state index contributed by atoms with van der Waals surface area (Å²) in [5.74, 6) is -4.53. The fourth-order valence-corrected chi connectivity index (χ4v) is 6.13. The van der Waals surface area contributed by atoms with Gasteiger partial charge in [-0.25, -0.2) is 21.6 Å². The summed E-state index contributed by atoms with van der Waals surface area (Å²) in [6.45, 7) is 0. The standard InChI is InChI=1S/C22H12Cl2F3NO3S2/c23-15-2-1-3-16(24)14(15)10-33(30,31)12-4-5-20-19(8-12)28-22(29)21(32-20)9-13-17(26)6-11(25)7-18(13)27/h1-9H,10H2,(H,28,29). The van der Waals surface area contributed by atoms with Crippen LogP contribution in [-0.2, 0) is 20.4 Å². The van der Waals surface area contributed by atoms with Gasteiger partial charge in [0.25, 0.3) is 5.91 Å². The van der Waals surface area contributed by atoms with Gasteiger partial charge >= 0.3 is 0 Å². The Bertz CT molecular complexity index is 1400. The summed E-state index contributed by atoms with van der Waals surface area (Å²) >= 11 is 13.1. The average Bonchev–Trinajstić information content (AvgIpc) is 2.73. The van der Waals surface area contributed by atoms with Crippen LogP contribution in [0.5, 0.6) is 0 Å². The molecule has 0 aliphatic carbocycles. The summed E-state index contributed by atoms with van der Waals surface area (Å²) < 4.78 is 66.9. The molecular weight excluding hydrogens is 518 g/mol. The summed E-state index contributed by atoms with van der Waals surface area (Å²) in [7, 11) is -3.87. The van der Waals surface area contributed by atoms with Crippen LogP contribution in [-0.4, -0.2) is 14.3 Å². The van der Waals surface area contributed by atoms with Gasteiger partial charge in [-0.15, -0.1) is 0 Å². The van der Waals surface area contributed by atoms with Gasteiger partial charge in [-0.3, -0.25) is 4.79 Å². The van der Waals surface area contributed by atoms with E-state index >= 15 is 0 Å². The van der Waals surface area contributed by atoms with Gasteiger partial charge in [0.2, 0.25) is 0 Å². The third kappa shape index (κ3) is 4.91. The van der Waals surface area contributed by atoms with Gasteiger partial charge in [0.05, 0.1) is 21.2 Å². The molecule has 3 aromatic rings. The molecule has 0 radical (unpaired) electrons. The minimum absolute atomic E-state index is 0.0506. The molecule has 1 N–H and O–H groups in total. The second-order valence-corrected chi connectivity index (χ2v) is 10.9. The maximum Gasteiger partial charge on any atom is 0.262 e. The van der Waals surface area contributed by atoms with Gasteiger partial charge < -0.3 is 5.32 Å². The Kier molecular flexibility index (Phi) is 6.50. The third-order valence-corrected chi connectivity index (χ3v) is 8.17. The molecular formula is C22H12Cl2F3NO3S2. The van der Waals surface area contributed by atoms with Crippen molar-refractivity contribution < 1.29 is 26.4 Å². The molecule has 0 aromatic heterocycles. The number of hydrogen-bond donors (Lipinski definition) is 1. The summed E-state index contributed by atoms with van der Waals surface area (Å²) in [4.78, 5) is 12.8. The van der Waals surface area contributed by atoms with Crippen molar-refractivity contribution in [2.45, 2.75) is 15.5 Å². The first-order chi connectivity index (χ1) is 15.5. The van der Waals surface area contributed by atoms with Crippen LogP contribution in [0.4, 0.5) is 18.9 Å². The summed E-state index contributed by atoms with van der Waals surface area (Å²) in [6, 6.07) is 9.78. The lowest BCUT2D eigenvalue weighted by atomic mass is 10.1. The van der Waals surface area contributed by atoms with Crippen LogP contribution in [0.25, 0.3) is 6.08 Å². The summed E-state index contributed by atoms with van der Waals surface area (Å²) in [5.41, 5.74) is -0.0904. The molecule has 1 amide bonds. The van der Waals surface area contributed by atoms with Gasteiger partial charge in [0.15, 0.2) is 9.84 Å². The number of carbonyl (C=O) groups excluding carboxylic acids is 1. The number of carbonyl (C=O) groups is 1. The van der Waals surface area contributed by atoms with E-state index in [1.54, 1.807) is 6.07 Å². The SMILES string of the molecule is O=C1Nc2cc(S(=O)(=O)Cc3c(Cl)cccc3Cl)ccc2SC1=Cc1c(F)cc(F)cc1F. The van der Waals surface area contributed by atoms with E-state index in [-0.39, 0.29) is 31.1 Å². The van der Waals surface area contributed by atoms with Crippen molar-refractivity contribution in [2.75, 3.05) is 5.32 Å². The molecule has 4 rings (SSSR count). The Morgan fingerprint density at radius 1 is 0.970 bits per heavy atom. The van der Waals surface area contributed by atoms with E-state index in [1.165, 1.54) is 30.3 Å². The van der Waals surface area contributed by atoms with Crippen LogP contribution in [0.3, 0.4) is 0 Å². The zero-order valence-electron chi connectivity index (χ0n) is 16.3. The number of benzene rings is 3. The number of halogens is 5. The molecule has 4 nitrogen and oxygen atoms in total. The van der Waals surface area contributed by atoms with E-state index in [9.17, 15) is 26.4 Å². The molecule has 1 aliphatic rings. The predicted octanol–water partition coefficient (Wildman–Crippen LogP) is 6.47. The topological polar surface area (TPSA) is 63.2 Å². The minimum atomic E-state index is -3.87. The molecule has 33 heavy (non-hydrogen) atoms. The fraction of sp³-hybridized carbons (Fsp3) is 0.0455. The van der Waals surface area contributed by atoms with Crippen molar-refractivity contribution in [1.29, 1.82) is 0 Å². The Hall–Kier alpha value is -2.46. The lowest BCUT2D eigenvalue weighted by Gasteiger charge is -2.20. The van der Waals surface area contributed by atoms with Gasteiger partial charge in [0.1, 0.15) is 17.5 Å². The van der Waals surface area contributed by atoms with Crippen LogP contribution in [0.2, 0.25) is 10.0 Å². The first-order valence-corrected chi connectivity index (χ1v) is 12.4. The normalized spacial score (nSPS) is 14.8. The van der Waals surface area contributed by atoms with Gasteiger partial charge in [-0.2, -0.15) is 0 Å². The maximum atomic E-state index is 14.0. The Morgan fingerprint density at radius 2 is 1.61 bits per heavy atom. The quantitative estimate of drug-likeness (QED) is 0.393. The second-order valence-electron chi connectivity index (χ2n) is 6.97. The lowest BCUT2D eigenvalue weighted by Crippen LogP contribution is -2.18. The van der Waals surface area contributed by atoms with Crippen molar-refractivity contribution in [3.8, 4) is 0 Å². The lowest BCUT2D eigenvalue weighted by molar-refractivity contribution is -0.112. The second kappa shape index (κ2) is 9.06. The number of anilines is 1. The largest absolute Gasteiger partial charge is 0.320 e. The highest BCUT2D eigenvalue weighted by molar-refractivity contribution is 8.04. The van der Waals surface area contributed by atoms with Crippen LogP contribution in [0, 0.1) is 17.5 Å². The smallest absolute Gasteiger partial charge is 0.262 e. The first kappa shape index (κ1) is 23.7. The van der Waals surface area contributed by atoms with Crippen molar-refractivity contribution in [2.24, 2.45) is 0 Å². The molecule has 170 valence electrons. The van der Waals surface area contributed by atoms with E-state index in [4.69, 9.17) is 23.2 Å². The number of amides is 1. The van der Waals surface area contributed by atoms with E-state index in [2.05, 4.69) is 5.32 Å². The molecule has 1 heterocycles. The Balaban J connectivity index is 1.65. The van der Waals surface area contributed by atoms with Crippen molar-refractivity contribution in [1.82, 2.24) is 0 Å². The molecule has 3 aromatic carbocycles. The number of nitrogens with one attached hydrogen (secondary N) is 1. The average molecular weight is 530 g/mol. The van der Waals surface area contributed by atoms with Crippen LogP contribution in [0.1, 0.15) is 11.1 Å². The van der Waals surface area contributed by atoms with Crippen molar-refractivity contribution in [3.05, 3.63) is 92.1 Å². The fourth-order valence-electron chi connectivity index (χ4n) is 3.10. The molecule has 1 aliphatic heterocycles. The first-order valence-electron chi connectivity index (χ1n) is 9.20. The third-order valence-electron chi connectivity index (χ3n) is 4.72. The number of thioether (sulfide) groups is 1. The van der Waals surface area contributed by atoms with Gasteiger partial charge in [-0.1, -0.05) is 41.0 Å². The van der Waals surface area contributed by atoms with E-state index < -0.39 is 44.5 Å². The molecule has 0 saturated heterocycles. The van der Waals surface area contributed by atoms with E-state index in [0.29, 0.717) is 17.0 Å². The predicted molar refractivity (Wildman–Crippen MR) is 123 cm³/mol. The summed E-state index contributed by atoms with van der Waals surface area (Å²) in [6.07, 6.45) is 0.969. The zero-order valence-corrected chi connectivity index (χ0v) is 19.5.